The van der Waals surface area contributed by atoms with Crippen molar-refractivity contribution in [1.29, 1.82) is 5.26 Å². The van der Waals surface area contributed by atoms with Gasteiger partial charge in [-0.15, -0.1) is 0 Å². The van der Waals surface area contributed by atoms with Gasteiger partial charge in [0, 0.05) is 5.92 Å². The quantitative estimate of drug-likeness (QED) is 0.447. The Balaban J connectivity index is 2.12. The summed E-state index contributed by atoms with van der Waals surface area (Å²) in [5.74, 6) is 2.00. The Morgan fingerprint density at radius 2 is 2.24 bits per heavy atom. The topological polar surface area (TPSA) is 92.7 Å². The van der Waals surface area contributed by atoms with Crippen LogP contribution in [0.5, 0.6) is 11.5 Å². The minimum absolute atomic E-state index is 0.0824. The van der Waals surface area contributed by atoms with Crippen molar-refractivity contribution in [3.05, 3.63) is 48.0 Å². The molecule has 7 heteroatoms. The zero-order chi connectivity index (χ0) is 18.2. The van der Waals surface area contributed by atoms with Gasteiger partial charge >= 0.3 is 0 Å². The van der Waals surface area contributed by atoms with Crippen LogP contribution in [0.3, 0.4) is 0 Å². The second-order valence-electron chi connectivity index (χ2n) is 5.38. The molecule has 0 atom stereocenters. The number of oxazole rings is 1. The zero-order valence-electron chi connectivity index (χ0n) is 14.4. The first-order chi connectivity index (χ1) is 12.1. The van der Waals surface area contributed by atoms with Crippen LogP contribution in [-0.4, -0.2) is 24.9 Å². The average molecular weight is 340 g/mol. The summed E-state index contributed by atoms with van der Waals surface area (Å²) in [6.45, 7) is 7.87. The van der Waals surface area contributed by atoms with Crippen LogP contribution in [0.25, 0.3) is 0 Å². The Morgan fingerprint density at radius 3 is 2.88 bits per heavy atom. The van der Waals surface area contributed by atoms with E-state index in [4.69, 9.17) is 19.2 Å². The van der Waals surface area contributed by atoms with Gasteiger partial charge in [0.2, 0.25) is 11.6 Å². The number of hydrogen-bond acceptors (Lipinski definition) is 7. The fraction of sp³-hybridized carbons (Fsp3) is 0.278. The third kappa shape index (κ3) is 4.61. The summed E-state index contributed by atoms with van der Waals surface area (Å²) in [5, 5.41) is 13.2. The minimum Gasteiger partial charge on any atom is -0.493 e. The number of hydrazone groups is 1. The first-order valence-corrected chi connectivity index (χ1v) is 7.70. The largest absolute Gasteiger partial charge is 0.493 e. The normalized spacial score (nSPS) is 10.7. The molecule has 0 aliphatic carbocycles. The lowest BCUT2D eigenvalue weighted by Gasteiger charge is -2.09. The van der Waals surface area contributed by atoms with Crippen LogP contribution in [0.4, 0.5) is 5.88 Å². The van der Waals surface area contributed by atoms with Gasteiger partial charge in [-0.05, 0) is 23.8 Å². The van der Waals surface area contributed by atoms with Crippen LogP contribution in [0, 0.1) is 11.3 Å². The highest BCUT2D eigenvalue weighted by atomic mass is 16.5. The van der Waals surface area contributed by atoms with Crippen molar-refractivity contribution in [2.45, 2.75) is 19.8 Å². The fourth-order valence-corrected chi connectivity index (χ4v) is 1.93. The summed E-state index contributed by atoms with van der Waals surface area (Å²) in [7, 11) is 1.57. The van der Waals surface area contributed by atoms with Crippen molar-refractivity contribution in [2.75, 3.05) is 19.1 Å². The van der Waals surface area contributed by atoms with Crippen molar-refractivity contribution in [3.8, 4) is 17.6 Å². The van der Waals surface area contributed by atoms with E-state index in [0.29, 0.717) is 24.0 Å². The number of ether oxygens (including phenoxy) is 2. The van der Waals surface area contributed by atoms with E-state index in [1.807, 2.05) is 26.0 Å². The van der Waals surface area contributed by atoms with Crippen molar-refractivity contribution in [2.24, 2.45) is 5.10 Å². The molecule has 0 saturated heterocycles. The van der Waals surface area contributed by atoms with Crippen molar-refractivity contribution in [3.63, 3.8) is 0 Å². The minimum atomic E-state index is 0.0824. The molecule has 25 heavy (non-hydrogen) atoms. The smallest absolute Gasteiger partial charge is 0.252 e. The molecule has 0 spiro atoms. The van der Waals surface area contributed by atoms with Crippen LogP contribution < -0.4 is 14.9 Å². The summed E-state index contributed by atoms with van der Waals surface area (Å²) in [6, 6.07) is 7.38. The average Bonchev–Trinajstić information content (AvgIpc) is 3.04. The maximum atomic E-state index is 9.10. The molecule has 0 bridgehead atoms. The molecule has 0 saturated carbocycles. The Hall–Kier alpha value is -3.27. The predicted molar refractivity (Wildman–Crippen MR) is 95.2 cm³/mol. The Kier molecular flexibility index (Phi) is 6.18. The van der Waals surface area contributed by atoms with E-state index >= 15 is 0 Å². The second-order valence-corrected chi connectivity index (χ2v) is 5.38. The lowest BCUT2D eigenvalue weighted by Crippen LogP contribution is -1.97. The maximum Gasteiger partial charge on any atom is 0.252 e. The zero-order valence-corrected chi connectivity index (χ0v) is 14.4. The second kappa shape index (κ2) is 8.55. The summed E-state index contributed by atoms with van der Waals surface area (Å²) in [5.41, 5.74) is 3.67. The molecule has 2 rings (SSSR count). The van der Waals surface area contributed by atoms with Gasteiger partial charge in [-0.25, -0.2) is 10.4 Å². The highest BCUT2D eigenvalue weighted by Gasteiger charge is 2.14. The van der Waals surface area contributed by atoms with E-state index in [2.05, 4.69) is 22.1 Å². The van der Waals surface area contributed by atoms with Crippen molar-refractivity contribution < 1.29 is 13.9 Å². The van der Waals surface area contributed by atoms with Gasteiger partial charge in [-0.3, -0.25) is 0 Å². The maximum absolute atomic E-state index is 9.10. The highest BCUT2D eigenvalue weighted by molar-refractivity contribution is 5.81. The number of anilines is 1. The van der Waals surface area contributed by atoms with Crippen LogP contribution in [0.1, 0.15) is 36.9 Å². The number of hydrogen-bond donors (Lipinski definition) is 1. The molecule has 1 N–H and O–H groups in total. The third-order valence-electron chi connectivity index (χ3n) is 3.17. The molecule has 0 aliphatic heterocycles. The molecule has 0 unspecified atom stereocenters. The van der Waals surface area contributed by atoms with Crippen molar-refractivity contribution >= 4 is 12.1 Å². The molecule has 0 amide bonds. The monoisotopic (exact) mass is 340 g/mol. The van der Waals surface area contributed by atoms with Crippen LogP contribution >= 0.6 is 0 Å². The SMILES string of the molecule is C=CCOc1ccc(C=NNc2oc(C(C)C)nc2C#N)cc1OC. The summed E-state index contributed by atoms with van der Waals surface area (Å²) < 4.78 is 16.3. The summed E-state index contributed by atoms with van der Waals surface area (Å²) in [4.78, 5) is 4.11. The number of benzene rings is 1. The number of nitriles is 1. The number of rotatable bonds is 8. The number of methoxy groups -OCH3 is 1. The standard InChI is InChI=1S/C18H20N4O3/c1-5-8-24-15-7-6-13(9-16(15)23-4)11-20-22-18-14(10-19)21-17(25-18)12(2)3/h5-7,9,11-12,22H,1,8H2,2-4H3. The molecule has 0 radical (unpaired) electrons. The Morgan fingerprint density at radius 1 is 1.44 bits per heavy atom. The van der Waals surface area contributed by atoms with E-state index in [0.717, 1.165) is 5.56 Å². The number of aromatic nitrogens is 1. The Bertz CT molecular complexity index is 803. The Labute approximate surface area is 146 Å². The molecule has 2 aromatic rings. The fourth-order valence-electron chi connectivity index (χ4n) is 1.93. The number of nitrogens with one attached hydrogen (secondary N) is 1. The van der Waals surface area contributed by atoms with Gasteiger partial charge in [0.15, 0.2) is 11.5 Å². The molecule has 130 valence electrons. The van der Waals surface area contributed by atoms with E-state index < -0.39 is 0 Å². The molecule has 1 aromatic heterocycles. The van der Waals surface area contributed by atoms with E-state index in [9.17, 15) is 0 Å². The van der Waals surface area contributed by atoms with Gasteiger partial charge in [0.1, 0.15) is 12.7 Å². The lowest BCUT2D eigenvalue weighted by atomic mass is 10.2. The summed E-state index contributed by atoms with van der Waals surface area (Å²) in [6.07, 6.45) is 3.24. The summed E-state index contributed by atoms with van der Waals surface area (Å²) >= 11 is 0. The van der Waals surface area contributed by atoms with E-state index in [1.54, 1.807) is 31.5 Å². The molecular formula is C18H20N4O3. The first-order valence-electron chi connectivity index (χ1n) is 7.70. The molecule has 0 aliphatic rings. The predicted octanol–water partition coefficient (Wildman–Crippen LogP) is 3.69. The third-order valence-corrected chi connectivity index (χ3v) is 3.17. The van der Waals surface area contributed by atoms with Gasteiger partial charge in [-0.2, -0.15) is 10.4 Å². The molecule has 0 fully saturated rings. The first kappa shape index (κ1) is 18.1. The van der Waals surface area contributed by atoms with Crippen molar-refractivity contribution in [1.82, 2.24) is 4.98 Å². The van der Waals surface area contributed by atoms with E-state index in [1.165, 1.54) is 0 Å². The van der Waals surface area contributed by atoms with Crippen LogP contribution in [0.2, 0.25) is 0 Å². The van der Waals surface area contributed by atoms with E-state index in [-0.39, 0.29) is 17.5 Å². The van der Waals surface area contributed by atoms with Crippen LogP contribution in [0.15, 0.2) is 40.4 Å². The van der Waals surface area contributed by atoms with Gasteiger partial charge in [0.05, 0.1) is 13.3 Å². The molecule has 1 heterocycles. The molecule has 1 aromatic carbocycles. The van der Waals surface area contributed by atoms with Gasteiger partial charge in [0.25, 0.3) is 5.88 Å². The molecular weight excluding hydrogens is 320 g/mol. The molecule has 7 nitrogen and oxygen atoms in total. The highest BCUT2D eigenvalue weighted by Crippen LogP contribution is 2.27. The lowest BCUT2D eigenvalue weighted by molar-refractivity contribution is 0.326. The van der Waals surface area contributed by atoms with Crippen LogP contribution in [-0.2, 0) is 0 Å². The number of nitrogens with zero attached hydrogens (tertiary/aromatic N) is 3. The van der Waals surface area contributed by atoms with Gasteiger partial charge in [-0.1, -0.05) is 26.5 Å². The van der Waals surface area contributed by atoms with Gasteiger partial charge < -0.3 is 13.9 Å².